The van der Waals surface area contributed by atoms with Crippen molar-refractivity contribution in [1.29, 1.82) is 0 Å². The fourth-order valence-electron chi connectivity index (χ4n) is 4.15. The van der Waals surface area contributed by atoms with Crippen LogP contribution in [0.4, 0.5) is 0 Å². The minimum atomic E-state index is 0.169. The van der Waals surface area contributed by atoms with E-state index < -0.39 is 0 Å². The lowest BCUT2D eigenvalue weighted by atomic mass is 9.99. The lowest BCUT2D eigenvalue weighted by Crippen LogP contribution is -2.39. The molecule has 1 saturated carbocycles. The molecule has 2 unspecified atom stereocenters. The van der Waals surface area contributed by atoms with Crippen molar-refractivity contribution in [1.82, 2.24) is 5.32 Å². The summed E-state index contributed by atoms with van der Waals surface area (Å²) in [5, 5.41) is 13.3. The Morgan fingerprint density at radius 3 is 2.59 bits per heavy atom. The highest BCUT2D eigenvalue weighted by Gasteiger charge is 2.40. The zero-order valence-corrected chi connectivity index (χ0v) is 17.4. The van der Waals surface area contributed by atoms with Crippen LogP contribution in [0.1, 0.15) is 72.6 Å². The highest BCUT2D eigenvalue weighted by molar-refractivity contribution is 6.14. The van der Waals surface area contributed by atoms with E-state index in [2.05, 4.69) is 45.2 Å². The average Bonchev–Trinajstić information content (AvgIpc) is 3.46. The molecule has 4 nitrogen and oxygen atoms in total. The van der Waals surface area contributed by atoms with Crippen LogP contribution >= 0.6 is 0 Å². The molecule has 0 aromatic carbocycles. The molecule has 3 rings (SSSR count). The number of rotatable bonds is 6. The van der Waals surface area contributed by atoms with E-state index in [1.54, 1.807) is 0 Å². The molecule has 27 heavy (non-hydrogen) atoms. The molecule has 2 N–H and O–H groups in total. The molecule has 2 atom stereocenters. The minimum Gasteiger partial charge on any atom is -0.459 e. The van der Waals surface area contributed by atoms with E-state index in [-0.39, 0.29) is 18.7 Å². The first kappa shape index (κ1) is 20.3. The summed E-state index contributed by atoms with van der Waals surface area (Å²) in [6.07, 6.45) is 12.2. The number of nitrogens with zero attached hydrogens (tertiary/aromatic N) is 1. The summed E-state index contributed by atoms with van der Waals surface area (Å²) in [5.41, 5.74) is 3.48. The van der Waals surface area contributed by atoms with Crippen molar-refractivity contribution in [2.75, 3.05) is 6.61 Å². The van der Waals surface area contributed by atoms with Gasteiger partial charge in [-0.2, -0.15) is 0 Å². The smallest absolute Gasteiger partial charge is 0.149 e. The third-order valence-corrected chi connectivity index (χ3v) is 5.72. The third-order valence-electron chi connectivity index (χ3n) is 5.72. The lowest BCUT2D eigenvalue weighted by molar-refractivity contribution is 0.233. The lowest BCUT2D eigenvalue weighted by Gasteiger charge is -2.22. The predicted octanol–water partition coefficient (Wildman–Crippen LogP) is 4.87. The van der Waals surface area contributed by atoms with Crippen LogP contribution in [0, 0.1) is 11.8 Å². The molecule has 2 heterocycles. The van der Waals surface area contributed by atoms with E-state index in [0.717, 1.165) is 48.6 Å². The second kappa shape index (κ2) is 9.20. The van der Waals surface area contributed by atoms with Crippen LogP contribution in [0.2, 0.25) is 0 Å². The number of aliphatic imine (C=N–C) groups is 1. The van der Waals surface area contributed by atoms with Gasteiger partial charge in [0.2, 0.25) is 0 Å². The van der Waals surface area contributed by atoms with E-state index in [9.17, 15) is 5.11 Å². The Kier molecular flexibility index (Phi) is 6.93. The molecule has 0 spiro atoms. The summed E-state index contributed by atoms with van der Waals surface area (Å²) in [7, 11) is 0. The molecule has 0 bridgehead atoms. The van der Waals surface area contributed by atoms with Crippen molar-refractivity contribution in [2.45, 2.75) is 84.7 Å². The molecular weight excluding hydrogens is 336 g/mol. The molecule has 0 radical (unpaired) electrons. The fraction of sp³-hybridized carbons (Fsp3) is 0.696. The Bertz CT molecular complexity index is 653. The molecule has 150 valence electrons. The van der Waals surface area contributed by atoms with E-state index >= 15 is 0 Å². The topological polar surface area (TPSA) is 53.9 Å². The van der Waals surface area contributed by atoms with Gasteiger partial charge in [-0.05, 0) is 51.0 Å². The van der Waals surface area contributed by atoms with Crippen LogP contribution in [0.5, 0.6) is 0 Å². The Balaban J connectivity index is 1.95. The molecule has 1 saturated heterocycles. The number of hydrogen-bond donors (Lipinski definition) is 2. The number of allylic oxidation sites excluding steroid dienone is 4. The Morgan fingerprint density at radius 2 is 2.00 bits per heavy atom. The van der Waals surface area contributed by atoms with Crippen LogP contribution in [-0.4, -0.2) is 29.5 Å². The van der Waals surface area contributed by atoms with Gasteiger partial charge in [0.05, 0.1) is 12.3 Å². The fourth-order valence-corrected chi connectivity index (χ4v) is 4.15. The zero-order valence-electron chi connectivity index (χ0n) is 17.4. The van der Waals surface area contributed by atoms with Crippen molar-refractivity contribution in [3.63, 3.8) is 0 Å². The zero-order chi connectivity index (χ0) is 19.4. The molecule has 4 heteroatoms. The van der Waals surface area contributed by atoms with Gasteiger partial charge in [0.15, 0.2) is 0 Å². The molecule has 0 amide bonds. The summed E-state index contributed by atoms with van der Waals surface area (Å²) in [6, 6.07) is 0.372. The largest absolute Gasteiger partial charge is 0.459 e. The number of hydrogen-bond acceptors (Lipinski definition) is 4. The molecule has 3 aliphatic rings. The van der Waals surface area contributed by atoms with Gasteiger partial charge >= 0.3 is 0 Å². The van der Waals surface area contributed by atoms with Crippen LogP contribution in [0.15, 0.2) is 39.9 Å². The van der Waals surface area contributed by atoms with Crippen LogP contribution in [-0.2, 0) is 4.74 Å². The molecular formula is C23H36N2O2. The van der Waals surface area contributed by atoms with E-state index in [4.69, 9.17) is 9.73 Å². The summed E-state index contributed by atoms with van der Waals surface area (Å²) >= 11 is 0. The van der Waals surface area contributed by atoms with Crippen LogP contribution in [0.3, 0.4) is 0 Å². The van der Waals surface area contributed by atoms with Gasteiger partial charge < -0.3 is 15.2 Å². The number of nitrogens with one attached hydrogen (secondary N) is 1. The van der Waals surface area contributed by atoms with Gasteiger partial charge in [-0.1, -0.05) is 39.7 Å². The first-order chi connectivity index (χ1) is 13.1. The number of aliphatic hydroxyl groups is 1. The molecule has 2 fully saturated rings. The van der Waals surface area contributed by atoms with Gasteiger partial charge in [-0.3, -0.25) is 0 Å². The maximum atomic E-state index is 9.65. The third kappa shape index (κ3) is 4.72. The normalized spacial score (nSPS) is 30.4. The van der Waals surface area contributed by atoms with Crippen LogP contribution < -0.4 is 5.32 Å². The molecule has 0 aromatic heterocycles. The summed E-state index contributed by atoms with van der Waals surface area (Å²) in [4.78, 5) is 5.19. The molecule has 1 aliphatic carbocycles. The van der Waals surface area contributed by atoms with Crippen molar-refractivity contribution in [3.05, 3.63) is 34.9 Å². The van der Waals surface area contributed by atoms with Crippen molar-refractivity contribution < 1.29 is 9.84 Å². The van der Waals surface area contributed by atoms with Gasteiger partial charge in [-0.25, -0.2) is 4.99 Å². The molecule has 0 aromatic rings. The maximum Gasteiger partial charge on any atom is 0.149 e. The van der Waals surface area contributed by atoms with E-state index in [1.807, 2.05) is 0 Å². The number of aliphatic hydroxyl groups excluding tert-OH is 1. The van der Waals surface area contributed by atoms with E-state index in [1.165, 1.54) is 24.8 Å². The minimum absolute atomic E-state index is 0.169. The van der Waals surface area contributed by atoms with Gasteiger partial charge in [0.1, 0.15) is 17.2 Å². The summed E-state index contributed by atoms with van der Waals surface area (Å²) in [6.45, 7) is 8.83. The summed E-state index contributed by atoms with van der Waals surface area (Å²) in [5.74, 6) is 3.04. The Hall–Kier alpha value is -1.39. The highest BCUT2D eigenvalue weighted by Crippen LogP contribution is 2.46. The second-order valence-corrected chi connectivity index (χ2v) is 8.34. The highest BCUT2D eigenvalue weighted by atomic mass is 16.5. The van der Waals surface area contributed by atoms with Crippen LogP contribution in [0.25, 0.3) is 0 Å². The Labute approximate surface area is 164 Å². The number of ether oxygens (including phenoxy) is 1. The second-order valence-electron chi connectivity index (χ2n) is 8.34. The van der Waals surface area contributed by atoms with Gasteiger partial charge in [0, 0.05) is 23.6 Å². The average molecular weight is 373 g/mol. The van der Waals surface area contributed by atoms with Crippen molar-refractivity contribution in [2.24, 2.45) is 16.8 Å². The van der Waals surface area contributed by atoms with Gasteiger partial charge in [0.25, 0.3) is 0 Å². The SMILES string of the molecule is C\C=C(/N=C1\C(C2CC2)=C(C(C)C)O\C1=C/CC)C1CCCCC(CO)N1. The maximum absolute atomic E-state index is 9.65. The molecule has 2 aliphatic heterocycles. The van der Waals surface area contributed by atoms with E-state index in [0.29, 0.717) is 11.8 Å². The van der Waals surface area contributed by atoms with Gasteiger partial charge in [-0.15, -0.1) is 0 Å². The van der Waals surface area contributed by atoms with Crippen molar-refractivity contribution in [3.8, 4) is 0 Å². The monoisotopic (exact) mass is 372 g/mol. The Morgan fingerprint density at radius 1 is 1.26 bits per heavy atom. The first-order valence-corrected chi connectivity index (χ1v) is 10.8. The standard InChI is InChI=1S/C23H36N2O2/c1-5-9-20-22(21(16-12-13-16)23(27-20)15(3)4)25-18(6-2)19-11-8-7-10-17(14-26)24-19/h6,9,15-17,19,24,26H,5,7-8,10-14H2,1-4H3/b18-6-,20-9-,25-22-. The summed E-state index contributed by atoms with van der Waals surface area (Å²) < 4.78 is 6.31. The quantitative estimate of drug-likeness (QED) is 0.699. The predicted molar refractivity (Wildman–Crippen MR) is 112 cm³/mol. The van der Waals surface area contributed by atoms with Crippen molar-refractivity contribution >= 4 is 5.71 Å². The first-order valence-electron chi connectivity index (χ1n) is 10.8.